The third-order valence-electron chi connectivity index (χ3n) is 3.13. The smallest absolute Gasteiger partial charge is 0.236 e. The van der Waals surface area contributed by atoms with E-state index in [-0.39, 0.29) is 18.2 Å². The molecule has 1 aromatic rings. The zero-order chi connectivity index (χ0) is 13.0. The molecule has 4 nitrogen and oxygen atoms in total. The number of phenolic OH excluding ortho intramolecular Hbond substituents is 1. The van der Waals surface area contributed by atoms with Crippen LogP contribution in [0.5, 0.6) is 5.75 Å². The van der Waals surface area contributed by atoms with E-state index in [1.165, 1.54) is 0 Å². The van der Waals surface area contributed by atoms with E-state index in [0.29, 0.717) is 17.1 Å². The number of hydrogen-bond donors (Lipinski definition) is 2. The van der Waals surface area contributed by atoms with Crippen LogP contribution < -0.4 is 5.32 Å². The Morgan fingerprint density at radius 1 is 1.39 bits per heavy atom. The average Bonchev–Trinajstić information content (AvgIpc) is 2.86. The van der Waals surface area contributed by atoms with Crippen molar-refractivity contribution in [1.82, 2.24) is 10.2 Å². The van der Waals surface area contributed by atoms with Gasteiger partial charge in [-0.05, 0) is 25.0 Å². The van der Waals surface area contributed by atoms with E-state index in [4.69, 9.17) is 11.6 Å². The Hall–Kier alpha value is -1.26. The van der Waals surface area contributed by atoms with Crippen LogP contribution in [0.1, 0.15) is 18.4 Å². The van der Waals surface area contributed by atoms with Crippen molar-refractivity contribution in [3.05, 3.63) is 28.8 Å². The fourth-order valence-electron chi connectivity index (χ4n) is 2.10. The molecule has 0 saturated carbocycles. The number of hydrogen-bond acceptors (Lipinski definition) is 3. The third kappa shape index (κ3) is 3.15. The zero-order valence-electron chi connectivity index (χ0n) is 10.2. The summed E-state index contributed by atoms with van der Waals surface area (Å²) in [6.45, 7) is 2.39. The number of phenols is 1. The lowest BCUT2D eigenvalue weighted by Crippen LogP contribution is -2.36. The highest BCUT2D eigenvalue weighted by atomic mass is 35.5. The largest absolute Gasteiger partial charge is 0.508 e. The number of carbonyl (C=O) groups is 1. The minimum Gasteiger partial charge on any atom is -0.508 e. The maximum Gasteiger partial charge on any atom is 0.236 e. The van der Waals surface area contributed by atoms with Gasteiger partial charge < -0.3 is 15.3 Å². The molecule has 1 aliphatic rings. The minimum atomic E-state index is 0.110. The predicted octanol–water partition coefficient (Wildman–Crippen LogP) is 1.76. The van der Waals surface area contributed by atoms with Crippen LogP contribution >= 0.6 is 11.6 Å². The second-order valence-electron chi connectivity index (χ2n) is 4.43. The SMILES string of the molecule is O=C(CNCc1c(O)cccc1Cl)N1CCCC1. The molecule has 0 atom stereocenters. The standard InChI is InChI=1S/C13H17ClN2O2/c14-11-4-3-5-12(17)10(11)8-15-9-13(18)16-6-1-2-7-16/h3-5,15,17H,1-2,6-9H2. The van der Waals surface area contributed by atoms with Gasteiger partial charge >= 0.3 is 0 Å². The van der Waals surface area contributed by atoms with E-state index in [1.807, 2.05) is 4.90 Å². The number of aromatic hydroxyl groups is 1. The molecule has 18 heavy (non-hydrogen) atoms. The van der Waals surface area contributed by atoms with Crippen LogP contribution in [0, 0.1) is 0 Å². The first kappa shape index (κ1) is 13.2. The number of amides is 1. The Labute approximate surface area is 112 Å². The lowest BCUT2D eigenvalue weighted by molar-refractivity contribution is -0.129. The number of nitrogens with zero attached hydrogens (tertiary/aromatic N) is 1. The van der Waals surface area contributed by atoms with E-state index >= 15 is 0 Å². The van der Waals surface area contributed by atoms with Crippen molar-refractivity contribution in [2.75, 3.05) is 19.6 Å². The number of benzene rings is 1. The van der Waals surface area contributed by atoms with E-state index in [2.05, 4.69) is 5.32 Å². The van der Waals surface area contributed by atoms with Gasteiger partial charge in [0.1, 0.15) is 5.75 Å². The van der Waals surface area contributed by atoms with Crippen molar-refractivity contribution in [1.29, 1.82) is 0 Å². The van der Waals surface area contributed by atoms with Crippen molar-refractivity contribution in [2.45, 2.75) is 19.4 Å². The summed E-state index contributed by atoms with van der Waals surface area (Å²) < 4.78 is 0. The Kier molecular flexibility index (Phi) is 4.44. The van der Waals surface area contributed by atoms with Gasteiger partial charge in [0.2, 0.25) is 5.91 Å². The Balaban J connectivity index is 1.83. The van der Waals surface area contributed by atoms with Crippen LogP contribution in [0.15, 0.2) is 18.2 Å². The fourth-order valence-corrected chi connectivity index (χ4v) is 2.33. The zero-order valence-corrected chi connectivity index (χ0v) is 10.9. The molecule has 0 spiro atoms. The first-order valence-corrected chi connectivity index (χ1v) is 6.51. The van der Waals surface area contributed by atoms with Crippen LogP contribution in [0.4, 0.5) is 0 Å². The Bertz CT molecular complexity index is 411. The molecule has 1 saturated heterocycles. The van der Waals surface area contributed by atoms with Crippen molar-refractivity contribution >= 4 is 17.5 Å². The summed E-state index contributed by atoms with van der Waals surface area (Å²) in [7, 11) is 0. The molecule has 98 valence electrons. The second kappa shape index (κ2) is 6.07. The van der Waals surface area contributed by atoms with Gasteiger partial charge in [-0.1, -0.05) is 17.7 Å². The van der Waals surface area contributed by atoms with Gasteiger partial charge in [0.05, 0.1) is 6.54 Å². The molecule has 1 aromatic carbocycles. The van der Waals surface area contributed by atoms with Crippen LogP contribution in [0.25, 0.3) is 0 Å². The molecule has 0 aromatic heterocycles. The van der Waals surface area contributed by atoms with Gasteiger partial charge in [-0.3, -0.25) is 4.79 Å². The maximum absolute atomic E-state index is 11.8. The van der Waals surface area contributed by atoms with Crippen molar-refractivity contribution in [3.63, 3.8) is 0 Å². The molecular formula is C13H17ClN2O2. The highest BCUT2D eigenvalue weighted by Crippen LogP contribution is 2.24. The monoisotopic (exact) mass is 268 g/mol. The second-order valence-corrected chi connectivity index (χ2v) is 4.84. The summed E-state index contributed by atoms with van der Waals surface area (Å²) in [5.74, 6) is 0.266. The van der Waals surface area contributed by atoms with Gasteiger partial charge in [-0.15, -0.1) is 0 Å². The normalized spacial score (nSPS) is 15.1. The van der Waals surface area contributed by atoms with Crippen LogP contribution in [0.3, 0.4) is 0 Å². The molecule has 1 aliphatic heterocycles. The topological polar surface area (TPSA) is 52.6 Å². The highest BCUT2D eigenvalue weighted by Gasteiger charge is 2.17. The lowest BCUT2D eigenvalue weighted by atomic mass is 10.2. The number of halogens is 1. The van der Waals surface area contributed by atoms with Gasteiger partial charge in [-0.2, -0.15) is 0 Å². The molecule has 0 radical (unpaired) electrons. The molecule has 0 unspecified atom stereocenters. The molecule has 1 amide bonds. The summed E-state index contributed by atoms with van der Waals surface area (Å²) in [6, 6.07) is 5.00. The maximum atomic E-state index is 11.8. The highest BCUT2D eigenvalue weighted by molar-refractivity contribution is 6.31. The summed E-state index contributed by atoms with van der Waals surface area (Å²) in [4.78, 5) is 13.6. The fraction of sp³-hybridized carbons (Fsp3) is 0.462. The van der Waals surface area contributed by atoms with Crippen molar-refractivity contribution in [3.8, 4) is 5.75 Å². The average molecular weight is 269 g/mol. The van der Waals surface area contributed by atoms with E-state index in [9.17, 15) is 9.90 Å². The molecule has 2 rings (SSSR count). The minimum absolute atomic E-state index is 0.110. The number of rotatable bonds is 4. The van der Waals surface area contributed by atoms with E-state index < -0.39 is 0 Å². The molecule has 1 heterocycles. The van der Waals surface area contributed by atoms with Gasteiger partial charge in [-0.25, -0.2) is 0 Å². The molecule has 0 aliphatic carbocycles. The summed E-state index contributed by atoms with van der Waals surface area (Å²) >= 11 is 5.98. The van der Waals surface area contributed by atoms with Gasteiger partial charge in [0.25, 0.3) is 0 Å². The molecule has 5 heteroatoms. The first-order valence-electron chi connectivity index (χ1n) is 6.13. The summed E-state index contributed by atoms with van der Waals surface area (Å²) in [6.07, 6.45) is 2.19. The lowest BCUT2D eigenvalue weighted by Gasteiger charge is -2.15. The summed E-state index contributed by atoms with van der Waals surface area (Å²) in [5, 5.41) is 13.2. The molecule has 0 bridgehead atoms. The van der Waals surface area contributed by atoms with E-state index in [1.54, 1.807) is 18.2 Å². The third-order valence-corrected chi connectivity index (χ3v) is 3.49. The number of likely N-dealkylation sites (tertiary alicyclic amines) is 1. The first-order chi connectivity index (χ1) is 8.68. The predicted molar refractivity (Wildman–Crippen MR) is 70.6 cm³/mol. The van der Waals surface area contributed by atoms with Crippen molar-refractivity contribution in [2.24, 2.45) is 0 Å². The van der Waals surface area contributed by atoms with Gasteiger partial charge in [0.15, 0.2) is 0 Å². The number of nitrogens with one attached hydrogen (secondary N) is 1. The quantitative estimate of drug-likeness (QED) is 0.875. The molecule has 2 N–H and O–H groups in total. The van der Waals surface area contributed by atoms with Crippen LogP contribution in [-0.4, -0.2) is 35.5 Å². The Morgan fingerprint density at radius 3 is 2.78 bits per heavy atom. The Morgan fingerprint density at radius 2 is 2.11 bits per heavy atom. The molecule has 1 fully saturated rings. The summed E-state index contributed by atoms with van der Waals surface area (Å²) in [5.41, 5.74) is 0.633. The van der Waals surface area contributed by atoms with Crippen LogP contribution in [0.2, 0.25) is 5.02 Å². The molecular weight excluding hydrogens is 252 g/mol. The van der Waals surface area contributed by atoms with E-state index in [0.717, 1.165) is 25.9 Å². The van der Waals surface area contributed by atoms with Gasteiger partial charge in [0, 0.05) is 30.2 Å². The number of carbonyl (C=O) groups excluding carboxylic acids is 1. The van der Waals surface area contributed by atoms with Crippen molar-refractivity contribution < 1.29 is 9.90 Å². The van der Waals surface area contributed by atoms with Crippen LogP contribution in [-0.2, 0) is 11.3 Å².